The van der Waals surface area contributed by atoms with Gasteiger partial charge in [0, 0.05) is 15.4 Å². The van der Waals surface area contributed by atoms with Gasteiger partial charge in [0.15, 0.2) is 0 Å². The molecule has 2 N–H and O–H groups in total. The summed E-state index contributed by atoms with van der Waals surface area (Å²) in [5.41, 5.74) is 6.53. The molecule has 0 aliphatic carbocycles. The fraction of sp³-hybridized carbons (Fsp3) is 0.312. The smallest absolute Gasteiger partial charge is 0.344 e. The van der Waals surface area contributed by atoms with Gasteiger partial charge in [-0.15, -0.1) is 11.3 Å². The van der Waals surface area contributed by atoms with Gasteiger partial charge in [0.25, 0.3) is 0 Å². The maximum Gasteiger partial charge on any atom is 0.344 e. The van der Waals surface area contributed by atoms with E-state index in [4.69, 9.17) is 15.2 Å². The highest BCUT2D eigenvalue weighted by molar-refractivity contribution is 7.11. The van der Waals surface area contributed by atoms with E-state index in [0.717, 1.165) is 11.3 Å². The number of esters is 1. The molecular formula is C16H19NO3S. The molecule has 0 saturated heterocycles. The van der Waals surface area contributed by atoms with Gasteiger partial charge < -0.3 is 15.2 Å². The molecule has 2 rings (SSSR count). The summed E-state index contributed by atoms with van der Waals surface area (Å²) < 4.78 is 10.8. The molecule has 2 aromatic rings. The maximum atomic E-state index is 12.2. The topological polar surface area (TPSA) is 61.5 Å². The number of aryl methyl sites for hydroxylation is 1. The molecule has 0 spiro atoms. The lowest BCUT2D eigenvalue weighted by Gasteiger charge is -2.11. The Balaban J connectivity index is 2.09. The van der Waals surface area contributed by atoms with Crippen molar-refractivity contribution in [1.29, 1.82) is 0 Å². The fourth-order valence-corrected chi connectivity index (χ4v) is 2.81. The lowest BCUT2D eigenvalue weighted by molar-refractivity contribution is 0.0474. The number of nitrogen functional groups attached to an aromatic ring is 1. The zero-order valence-electron chi connectivity index (χ0n) is 12.2. The van der Waals surface area contributed by atoms with Crippen LogP contribution < -0.4 is 10.5 Å². The molecule has 0 fully saturated rings. The Morgan fingerprint density at radius 3 is 2.62 bits per heavy atom. The molecule has 1 aromatic carbocycles. The van der Waals surface area contributed by atoms with Crippen LogP contribution in [-0.2, 0) is 17.8 Å². The first kappa shape index (κ1) is 15.4. The molecule has 21 heavy (non-hydrogen) atoms. The third-order valence-corrected chi connectivity index (χ3v) is 4.18. The number of nitrogens with two attached hydrogens (primary N) is 1. The van der Waals surface area contributed by atoms with E-state index in [9.17, 15) is 4.79 Å². The van der Waals surface area contributed by atoms with Gasteiger partial charge in [0.2, 0.25) is 0 Å². The first-order valence-electron chi connectivity index (χ1n) is 6.91. The quantitative estimate of drug-likeness (QED) is 0.653. The van der Waals surface area contributed by atoms with E-state index in [-0.39, 0.29) is 6.61 Å². The number of rotatable bonds is 6. The summed E-state index contributed by atoms with van der Waals surface area (Å²) >= 11 is 1.65. The minimum absolute atomic E-state index is 0.253. The van der Waals surface area contributed by atoms with Crippen LogP contribution >= 0.6 is 11.3 Å². The van der Waals surface area contributed by atoms with Crippen molar-refractivity contribution in [2.24, 2.45) is 0 Å². The van der Waals surface area contributed by atoms with Gasteiger partial charge >= 0.3 is 5.97 Å². The summed E-state index contributed by atoms with van der Waals surface area (Å²) in [6.45, 7) is 4.68. The number of hydrogen-bond donors (Lipinski definition) is 1. The van der Waals surface area contributed by atoms with E-state index < -0.39 is 5.97 Å². The van der Waals surface area contributed by atoms with Crippen LogP contribution in [0.4, 0.5) is 5.69 Å². The van der Waals surface area contributed by atoms with Crippen molar-refractivity contribution in [3.8, 4) is 5.75 Å². The maximum absolute atomic E-state index is 12.2. The number of hydrogen-bond acceptors (Lipinski definition) is 5. The molecule has 5 heteroatoms. The number of thiophene rings is 1. The third-order valence-electron chi connectivity index (χ3n) is 2.97. The van der Waals surface area contributed by atoms with Crippen molar-refractivity contribution in [2.45, 2.75) is 26.9 Å². The second-order valence-corrected chi connectivity index (χ2v) is 5.70. The predicted molar refractivity (Wildman–Crippen MR) is 84.8 cm³/mol. The third kappa shape index (κ3) is 3.76. The van der Waals surface area contributed by atoms with Crippen molar-refractivity contribution >= 4 is 23.0 Å². The summed E-state index contributed by atoms with van der Waals surface area (Å²) in [6.07, 6.45) is 0.985. The minimum Gasteiger partial charge on any atom is -0.493 e. The highest BCUT2D eigenvalue weighted by atomic mass is 32.1. The number of carbonyl (C=O) groups is 1. The Bertz CT molecular complexity index is 622. The standard InChI is InChI=1S/C16H19NO3S/c1-3-11-8-9-12(21-11)10-20-16(18)15-13(17)6-5-7-14(15)19-4-2/h5-9H,3-4,10,17H2,1-2H3. The molecule has 0 radical (unpaired) electrons. The van der Waals surface area contributed by atoms with Gasteiger partial charge in [-0.25, -0.2) is 4.79 Å². The van der Waals surface area contributed by atoms with Gasteiger partial charge in [-0.2, -0.15) is 0 Å². The molecule has 1 aromatic heterocycles. The lowest BCUT2D eigenvalue weighted by Crippen LogP contribution is -2.10. The highest BCUT2D eigenvalue weighted by Crippen LogP contribution is 2.26. The molecule has 0 amide bonds. The SMILES string of the molecule is CCOc1cccc(N)c1C(=O)OCc1ccc(CC)s1. The summed E-state index contributed by atoms with van der Waals surface area (Å²) in [5.74, 6) is 0.00549. The van der Waals surface area contributed by atoms with Crippen molar-refractivity contribution < 1.29 is 14.3 Å². The molecular weight excluding hydrogens is 286 g/mol. The predicted octanol–water partition coefficient (Wildman–Crippen LogP) is 3.65. The molecule has 0 aliphatic rings. The molecule has 0 saturated carbocycles. The number of ether oxygens (including phenoxy) is 2. The van der Waals surface area contributed by atoms with E-state index in [1.54, 1.807) is 29.5 Å². The summed E-state index contributed by atoms with van der Waals surface area (Å²) in [4.78, 5) is 14.5. The monoisotopic (exact) mass is 305 g/mol. The Morgan fingerprint density at radius 1 is 1.19 bits per heavy atom. The average molecular weight is 305 g/mol. The molecule has 0 aliphatic heterocycles. The molecule has 0 bridgehead atoms. The summed E-state index contributed by atoms with van der Waals surface area (Å²) in [5, 5.41) is 0. The highest BCUT2D eigenvalue weighted by Gasteiger charge is 2.18. The van der Waals surface area contributed by atoms with E-state index in [1.807, 2.05) is 13.0 Å². The number of benzene rings is 1. The summed E-state index contributed by atoms with van der Waals surface area (Å²) in [7, 11) is 0. The van der Waals surface area contributed by atoms with Gasteiger partial charge in [0.05, 0.1) is 6.61 Å². The second-order valence-electron chi connectivity index (χ2n) is 4.45. The van der Waals surface area contributed by atoms with Crippen LogP contribution in [0.15, 0.2) is 30.3 Å². The van der Waals surface area contributed by atoms with E-state index in [0.29, 0.717) is 23.6 Å². The van der Waals surface area contributed by atoms with E-state index >= 15 is 0 Å². The van der Waals surface area contributed by atoms with Gasteiger partial charge in [-0.05, 0) is 37.6 Å². The van der Waals surface area contributed by atoms with Crippen molar-refractivity contribution in [3.05, 3.63) is 45.6 Å². The second kappa shape index (κ2) is 7.13. The lowest BCUT2D eigenvalue weighted by atomic mass is 10.1. The Hall–Kier alpha value is -2.01. The number of carbonyl (C=O) groups excluding carboxylic acids is 1. The Morgan fingerprint density at radius 2 is 1.95 bits per heavy atom. The van der Waals surface area contributed by atoms with Crippen LogP contribution in [0.25, 0.3) is 0 Å². The zero-order chi connectivity index (χ0) is 15.2. The Labute approximate surface area is 128 Å². The largest absolute Gasteiger partial charge is 0.493 e. The molecule has 0 unspecified atom stereocenters. The zero-order valence-corrected chi connectivity index (χ0v) is 13.0. The molecule has 112 valence electrons. The van der Waals surface area contributed by atoms with Crippen LogP contribution in [0.3, 0.4) is 0 Å². The molecule has 0 atom stereocenters. The fourth-order valence-electron chi connectivity index (χ4n) is 1.94. The van der Waals surface area contributed by atoms with Crippen LogP contribution in [0.5, 0.6) is 5.75 Å². The van der Waals surface area contributed by atoms with E-state index in [1.165, 1.54) is 4.88 Å². The minimum atomic E-state index is -0.456. The van der Waals surface area contributed by atoms with Crippen LogP contribution in [0, 0.1) is 0 Å². The van der Waals surface area contributed by atoms with Crippen molar-refractivity contribution in [3.63, 3.8) is 0 Å². The molecule has 4 nitrogen and oxygen atoms in total. The Kier molecular flexibility index (Phi) is 5.22. The van der Waals surface area contributed by atoms with Gasteiger partial charge in [-0.1, -0.05) is 13.0 Å². The van der Waals surface area contributed by atoms with Gasteiger partial charge in [-0.3, -0.25) is 0 Å². The number of anilines is 1. The van der Waals surface area contributed by atoms with Crippen LogP contribution in [-0.4, -0.2) is 12.6 Å². The van der Waals surface area contributed by atoms with Crippen molar-refractivity contribution in [1.82, 2.24) is 0 Å². The average Bonchev–Trinajstić information content (AvgIpc) is 2.93. The van der Waals surface area contributed by atoms with Crippen LogP contribution in [0.1, 0.15) is 34.0 Å². The van der Waals surface area contributed by atoms with E-state index in [2.05, 4.69) is 13.0 Å². The van der Waals surface area contributed by atoms with Crippen molar-refractivity contribution in [2.75, 3.05) is 12.3 Å². The normalized spacial score (nSPS) is 10.4. The molecule has 1 heterocycles. The van der Waals surface area contributed by atoms with Crippen LogP contribution in [0.2, 0.25) is 0 Å². The van der Waals surface area contributed by atoms with Gasteiger partial charge in [0.1, 0.15) is 17.9 Å². The summed E-state index contributed by atoms with van der Waals surface area (Å²) in [6, 6.07) is 9.17. The first-order valence-corrected chi connectivity index (χ1v) is 7.73. The first-order chi connectivity index (χ1) is 10.2.